The first-order valence-corrected chi connectivity index (χ1v) is 6.34. The zero-order valence-electron chi connectivity index (χ0n) is 11.7. The number of aliphatic carboxylic acids is 1. The molecule has 0 saturated carbocycles. The molecule has 0 aliphatic rings. The number of carbonyl (C=O) groups excluding carboxylic acids is 1. The Hall–Kier alpha value is -2.70. The molecule has 0 fully saturated rings. The molecule has 0 spiro atoms. The third kappa shape index (κ3) is 3.65. The van der Waals surface area contributed by atoms with Crippen LogP contribution in [-0.4, -0.2) is 27.3 Å². The molecule has 0 radical (unpaired) electrons. The number of nitrogens with zero attached hydrogens (tertiary/aromatic N) is 2. The Morgan fingerprint density at radius 2 is 2.10 bits per heavy atom. The lowest BCUT2D eigenvalue weighted by Crippen LogP contribution is -2.34. The summed E-state index contributed by atoms with van der Waals surface area (Å²) in [7, 11) is 0. The summed E-state index contributed by atoms with van der Waals surface area (Å²) in [4.78, 5) is 23.3. The largest absolute Gasteiger partial charge is 0.479 e. The van der Waals surface area contributed by atoms with Gasteiger partial charge in [-0.1, -0.05) is 40.1 Å². The molecule has 2 aromatic rings. The lowest BCUT2D eigenvalue weighted by atomic mass is 10.0. The molecular formula is C14H15N3O4. The number of nitrogens with one attached hydrogen (secondary N) is 1. The van der Waals surface area contributed by atoms with Crippen LogP contribution in [-0.2, 0) is 16.0 Å². The average Bonchev–Trinajstić information content (AvgIpc) is 2.81. The topological polar surface area (TPSA) is 105 Å². The van der Waals surface area contributed by atoms with Gasteiger partial charge in [-0.25, -0.2) is 9.42 Å². The van der Waals surface area contributed by atoms with E-state index < -0.39 is 17.9 Å². The zero-order chi connectivity index (χ0) is 15.4. The highest BCUT2D eigenvalue weighted by molar-refractivity contribution is 5.85. The number of aryl methyl sites for hydroxylation is 2. The van der Waals surface area contributed by atoms with Crippen LogP contribution in [0.5, 0.6) is 0 Å². The predicted molar refractivity (Wildman–Crippen MR) is 72.4 cm³/mol. The fourth-order valence-corrected chi connectivity index (χ4v) is 1.91. The maximum atomic E-state index is 12.0. The molecule has 1 aromatic carbocycles. The van der Waals surface area contributed by atoms with Gasteiger partial charge in [0.25, 0.3) is 0 Å². The first-order valence-electron chi connectivity index (χ1n) is 6.34. The number of carbonyl (C=O) groups is 2. The summed E-state index contributed by atoms with van der Waals surface area (Å²) in [5.74, 6) is -1.58. The van der Waals surface area contributed by atoms with Crippen LogP contribution in [0.15, 0.2) is 28.9 Å². The lowest BCUT2D eigenvalue weighted by Gasteiger charge is -2.15. The van der Waals surface area contributed by atoms with Crippen molar-refractivity contribution in [3.63, 3.8) is 0 Å². The molecule has 7 nitrogen and oxygen atoms in total. The standard InChI is InChI=1S/C14H15N3O4/c1-8-4-3-5-10(6-8)13(14(19)20)15-12(18)7-11-9(2)16-21-17-11/h3-6,13H,7H2,1-2H3,(H,15,18)(H,19,20)/t13-/m0/s1. The van der Waals surface area contributed by atoms with E-state index in [0.29, 0.717) is 17.0 Å². The molecule has 110 valence electrons. The minimum absolute atomic E-state index is 0.0784. The van der Waals surface area contributed by atoms with Crippen LogP contribution in [0.2, 0.25) is 0 Å². The van der Waals surface area contributed by atoms with Gasteiger partial charge in [-0.05, 0) is 19.4 Å². The van der Waals surface area contributed by atoms with E-state index in [1.165, 1.54) is 0 Å². The van der Waals surface area contributed by atoms with E-state index in [2.05, 4.69) is 20.3 Å². The summed E-state index contributed by atoms with van der Waals surface area (Å²) in [6.45, 7) is 3.52. The van der Waals surface area contributed by atoms with Crippen LogP contribution in [0.4, 0.5) is 0 Å². The Morgan fingerprint density at radius 3 is 2.67 bits per heavy atom. The van der Waals surface area contributed by atoms with Crippen molar-refractivity contribution in [1.82, 2.24) is 15.6 Å². The van der Waals surface area contributed by atoms with Crippen molar-refractivity contribution >= 4 is 11.9 Å². The maximum Gasteiger partial charge on any atom is 0.330 e. The monoisotopic (exact) mass is 289 g/mol. The van der Waals surface area contributed by atoms with E-state index >= 15 is 0 Å². The van der Waals surface area contributed by atoms with E-state index in [9.17, 15) is 14.7 Å². The minimum atomic E-state index is -1.12. The molecule has 1 aromatic heterocycles. The average molecular weight is 289 g/mol. The van der Waals surface area contributed by atoms with Crippen molar-refractivity contribution in [2.45, 2.75) is 26.3 Å². The molecule has 2 N–H and O–H groups in total. The fraction of sp³-hybridized carbons (Fsp3) is 0.286. The molecule has 0 aliphatic heterocycles. The van der Waals surface area contributed by atoms with Gasteiger partial charge in [-0.3, -0.25) is 4.79 Å². The summed E-state index contributed by atoms with van der Waals surface area (Å²) in [5.41, 5.74) is 2.34. The van der Waals surface area contributed by atoms with E-state index in [-0.39, 0.29) is 6.42 Å². The van der Waals surface area contributed by atoms with E-state index in [0.717, 1.165) is 5.56 Å². The first-order chi connectivity index (χ1) is 9.97. The normalized spacial score (nSPS) is 11.9. The van der Waals surface area contributed by atoms with Gasteiger partial charge in [-0.2, -0.15) is 0 Å². The molecule has 0 unspecified atom stereocenters. The summed E-state index contributed by atoms with van der Waals surface area (Å²) in [6.07, 6.45) is -0.0784. The molecular weight excluding hydrogens is 274 g/mol. The van der Waals surface area contributed by atoms with Crippen LogP contribution in [0, 0.1) is 13.8 Å². The summed E-state index contributed by atoms with van der Waals surface area (Å²) >= 11 is 0. The fourth-order valence-electron chi connectivity index (χ4n) is 1.91. The third-order valence-electron chi connectivity index (χ3n) is 3.00. The number of carboxylic acids is 1. The second-order valence-corrected chi connectivity index (χ2v) is 4.73. The van der Waals surface area contributed by atoms with Gasteiger partial charge >= 0.3 is 5.97 Å². The molecule has 0 bridgehead atoms. The van der Waals surface area contributed by atoms with Crippen LogP contribution >= 0.6 is 0 Å². The number of hydrogen-bond donors (Lipinski definition) is 2. The van der Waals surface area contributed by atoms with Crippen molar-refractivity contribution < 1.29 is 19.3 Å². The molecule has 21 heavy (non-hydrogen) atoms. The molecule has 0 saturated heterocycles. The number of amides is 1. The highest BCUT2D eigenvalue weighted by Crippen LogP contribution is 2.15. The minimum Gasteiger partial charge on any atom is -0.479 e. The van der Waals surface area contributed by atoms with Crippen molar-refractivity contribution in [1.29, 1.82) is 0 Å². The SMILES string of the molecule is Cc1cccc([C@H](NC(=O)Cc2nonc2C)C(=O)O)c1. The Labute approximate surface area is 120 Å². The number of carboxylic acid groups (broad SMARTS) is 1. The quantitative estimate of drug-likeness (QED) is 0.856. The van der Waals surface area contributed by atoms with Gasteiger partial charge in [-0.15, -0.1) is 0 Å². The molecule has 1 amide bonds. The van der Waals surface area contributed by atoms with Crippen molar-refractivity contribution in [3.05, 3.63) is 46.8 Å². The zero-order valence-corrected chi connectivity index (χ0v) is 11.7. The smallest absolute Gasteiger partial charge is 0.330 e. The molecule has 2 rings (SSSR count). The van der Waals surface area contributed by atoms with Crippen molar-refractivity contribution in [3.8, 4) is 0 Å². The van der Waals surface area contributed by atoms with Crippen molar-refractivity contribution in [2.24, 2.45) is 0 Å². The highest BCUT2D eigenvalue weighted by atomic mass is 16.6. The number of rotatable bonds is 5. The molecule has 0 aliphatic carbocycles. The van der Waals surface area contributed by atoms with Gasteiger partial charge in [0.2, 0.25) is 5.91 Å². The van der Waals surface area contributed by atoms with Crippen LogP contribution < -0.4 is 5.32 Å². The Morgan fingerprint density at radius 1 is 1.33 bits per heavy atom. The molecule has 1 atom stereocenters. The van der Waals surface area contributed by atoms with Gasteiger partial charge in [0.15, 0.2) is 6.04 Å². The number of hydrogen-bond acceptors (Lipinski definition) is 5. The molecule has 1 heterocycles. The molecule has 7 heteroatoms. The van der Waals surface area contributed by atoms with Gasteiger partial charge in [0, 0.05) is 0 Å². The summed E-state index contributed by atoms with van der Waals surface area (Å²) < 4.78 is 4.50. The Bertz CT molecular complexity index is 666. The summed E-state index contributed by atoms with van der Waals surface area (Å²) in [5, 5.41) is 18.9. The van der Waals surface area contributed by atoms with Crippen LogP contribution in [0.25, 0.3) is 0 Å². The maximum absolute atomic E-state index is 12.0. The van der Waals surface area contributed by atoms with Crippen LogP contribution in [0.1, 0.15) is 28.6 Å². The predicted octanol–water partition coefficient (Wildman–Crippen LogP) is 1.17. The van der Waals surface area contributed by atoms with Gasteiger partial charge in [0.1, 0.15) is 11.4 Å². The number of benzene rings is 1. The second kappa shape index (κ2) is 6.17. The van der Waals surface area contributed by atoms with Gasteiger partial charge < -0.3 is 10.4 Å². The second-order valence-electron chi connectivity index (χ2n) is 4.73. The van der Waals surface area contributed by atoms with Crippen LogP contribution in [0.3, 0.4) is 0 Å². The third-order valence-corrected chi connectivity index (χ3v) is 3.00. The number of aromatic nitrogens is 2. The van der Waals surface area contributed by atoms with E-state index in [4.69, 9.17) is 0 Å². The van der Waals surface area contributed by atoms with Crippen molar-refractivity contribution in [2.75, 3.05) is 0 Å². The Balaban J connectivity index is 2.12. The lowest BCUT2D eigenvalue weighted by molar-refractivity contribution is -0.142. The highest BCUT2D eigenvalue weighted by Gasteiger charge is 2.23. The summed E-state index contributed by atoms with van der Waals surface area (Å²) in [6, 6.07) is 5.89. The van der Waals surface area contributed by atoms with E-state index in [1.54, 1.807) is 25.1 Å². The Kier molecular flexibility index (Phi) is 4.32. The first kappa shape index (κ1) is 14.7. The van der Waals surface area contributed by atoms with Gasteiger partial charge in [0.05, 0.1) is 6.42 Å². The van der Waals surface area contributed by atoms with E-state index in [1.807, 2.05) is 13.0 Å².